The Morgan fingerprint density at radius 3 is 2.35 bits per heavy atom. The van der Waals surface area contributed by atoms with E-state index in [1.807, 2.05) is 0 Å². The molecule has 0 aliphatic heterocycles. The minimum atomic E-state index is 0.136. The summed E-state index contributed by atoms with van der Waals surface area (Å²) in [5.74, 6) is 0. The Morgan fingerprint density at radius 2 is 1.85 bits per heavy atom. The van der Waals surface area contributed by atoms with Gasteiger partial charge >= 0.3 is 0 Å². The first-order chi connectivity index (χ1) is 9.38. The van der Waals surface area contributed by atoms with Gasteiger partial charge in [0, 0.05) is 19.9 Å². The van der Waals surface area contributed by atoms with Crippen LogP contribution in [-0.2, 0) is 0 Å². The average molecular weight is 418 g/mol. The molecule has 1 aromatic heterocycles. The smallest absolute Gasteiger partial charge is 0.115 e. The Balaban J connectivity index is 2.43. The molecule has 0 fully saturated rings. The summed E-state index contributed by atoms with van der Waals surface area (Å²) in [6.45, 7) is 8.52. The number of aryl methyl sites for hydroxylation is 2. The van der Waals surface area contributed by atoms with Gasteiger partial charge in [-0.2, -0.15) is 0 Å². The summed E-state index contributed by atoms with van der Waals surface area (Å²) in [4.78, 5) is 6.01. The maximum atomic E-state index is 4.72. The molecule has 2 aromatic rings. The lowest BCUT2D eigenvalue weighted by molar-refractivity contribution is 0.526. The van der Waals surface area contributed by atoms with Crippen molar-refractivity contribution in [1.29, 1.82) is 0 Å². The van der Waals surface area contributed by atoms with E-state index in [-0.39, 0.29) is 6.04 Å². The number of halogens is 2. The van der Waals surface area contributed by atoms with Gasteiger partial charge in [-0.1, -0.05) is 6.07 Å². The van der Waals surface area contributed by atoms with Gasteiger partial charge in [-0.15, -0.1) is 11.3 Å². The van der Waals surface area contributed by atoms with E-state index >= 15 is 0 Å². The zero-order valence-corrected chi connectivity index (χ0v) is 16.0. The Bertz CT molecular complexity index is 588. The van der Waals surface area contributed by atoms with E-state index in [4.69, 9.17) is 4.98 Å². The topological polar surface area (TPSA) is 24.9 Å². The molecule has 0 saturated carbocycles. The maximum absolute atomic E-state index is 4.72. The fourth-order valence-electron chi connectivity index (χ4n) is 1.96. The highest BCUT2D eigenvalue weighted by Gasteiger charge is 2.20. The summed E-state index contributed by atoms with van der Waals surface area (Å²) in [5, 5.41) is 4.74. The van der Waals surface area contributed by atoms with E-state index < -0.39 is 0 Å². The van der Waals surface area contributed by atoms with Crippen molar-refractivity contribution in [3.8, 4) is 0 Å². The zero-order chi connectivity index (χ0) is 14.9. The third-order valence-electron chi connectivity index (χ3n) is 3.07. The summed E-state index contributed by atoms with van der Waals surface area (Å²) >= 11 is 8.87. The summed E-state index contributed by atoms with van der Waals surface area (Å²) in [6, 6.07) is 6.89. The zero-order valence-electron chi connectivity index (χ0n) is 12.0. The molecular formula is C15H18Br2N2S. The van der Waals surface area contributed by atoms with E-state index in [9.17, 15) is 0 Å². The van der Waals surface area contributed by atoms with Gasteiger partial charge < -0.3 is 5.32 Å². The van der Waals surface area contributed by atoms with Crippen LogP contribution in [0.5, 0.6) is 0 Å². The fraction of sp³-hybridized carbons (Fsp3) is 0.400. The first-order valence-corrected chi connectivity index (χ1v) is 8.93. The van der Waals surface area contributed by atoms with Crippen LogP contribution in [0.25, 0.3) is 0 Å². The Morgan fingerprint density at radius 1 is 1.15 bits per heavy atom. The average Bonchev–Trinajstić information content (AvgIpc) is 2.70. The van der Waals surface area contributed by atoms with Gasteiger partial charge in [0.25, 0.3) is 0 Å². The molecule has 1 heterocycles. The predicted molar refractivity (Wildman–Crippen MR) is 93.5 cm³/mol. The number of hydrogen-bond acceptors (Lipinski definition) is 3. The largest absolute Gasteiger partial charge is 0.302 e. The van der Waals surface area contributed by atoms with Gasteiger partial charge in [0.2, 0.25) is 0 Å². The minimum Gasteiger partial charge on any atom is -0.302 e. The molecule has 0 aliphatic rings. The Labute approximate surface area is 141 Å². The molecule has 0 radical (unpaired) electrons. The molecule has 1 N–H and O–H groups in total. The molecule has 1 atom stereocenters. The fourth-order valence-corrected chi connectivity index (χ4v) is 3.61. The molecule has 0 bridgehead atoms. The number of aromatic nitrogens is 1. The molecular weight excluding hydrogens is 400 g/mol. The summed E-state index contributed by atoms with van der Waals surface area (Å²) in [7, 11) is 0. The number of nitrogens with one attached hydrogen (secondary N) is 1. The first kappa shape index (κ1) is 16.1. The monoisotopic (exact) mass is 416 g/mol. The van der Waals surface area contributed by atoms with Crippen LogP contribution in [0.3, 0.4) is 0 Å². The molecule has 108 valence electrons. The highest BCUT2D eigenvalue weighted by Crippen LogP contribution is 2.32. The van der Waals surface area contributed by atoms with Gasteiger partial charge in [0.15, 0.2) is 0 Å². The first-order valence-electron chi connectivity index (χ1n) is 6.53. The molecule has 1 unspecified atom stereocenters. The van der Waals surface area contributed by atoms with E-state index in [0.717, 1.165) is 19.6 Å². The second-order valence-corrected chi connectivity index (χ2v) is 8.07. The number of rotatable bonds is 4. The van der Waals surface area contributed by atoms with Crippen molar-refractivity contribution in [2.45, 2.75) is 39.8 Å². The summed E-state index contributed by atoms with van der Waals surface area (Å²) < 4.78 is 2.13. The van der Waals surface area contributed by atoms with Crippen molar-refractivity contribution in [1.82, 2.24) is 10.3 Å². The normalized spacial score (nSPS) is 12.9. The van der Waals surface area contributed by atoms with Crippen molar-refractivity contribution in [2.24, 2.45) is 0 Å². The van der Waals surface area contributed by atoms with Crippen LogP contribution in [-0.4, -0.2) is 11.0 Å². The van der Waals surface area contributed by atoms with Crippen LogP contribution in [0, 0.1) is 13.8 Å². The second kappa shape index (κ2) is 6.69. The molecule has 1 aromatic carbocycles. The second-order valence-electron chi connectivity index (χ2n) is 5.12. The van der Waals surface area contributed by atoms with Gasteiger partial charge in [-0.05, 0) is 77.3 Å². The van der Waals surface area contributed by atoms with Crippen LogP contribution in [0.4, 0.5) is 0 Å². The lowest BCUT2D eigenvalue weighted by Crippen LogP contribution is -2.28. The minimum absolute atomic E-state index is 0.136. The molecule has 5 heteroatoms. The molecule has 0 saturated heterocycles. The van der Waals surface area contributed by atoms with Crippen LogP contribution in [0.15, 0.2) is 27.1 Å². The SMILES string of the molecule is Cc1nc(C(NC(C)C)c2ccc(Br)c(Br)c2)sc1C. The molecule has 2 nitrogen and oxygen atoms in total. The maximum Gasteiger partial charge on any atom is 0.115 e. The van der Waals surface area contributed by atoms with Crippen molar-refractivity contribution >= 4 is 43.2 Å². The highest BCUT2D eigenvalue weighted by atomic mass is 79.9. The lowest BCUT2D eigenvalue weighted by Gasteiger charge is -2.20. The van der Waals surface area contributed by atoms with Crippen molar-refractivity contribution in [2.75, 3.05) is 0 Å². The third kappa shape index (κ3) is 3.70. The van der Waals surface area contributed by atoms with E-state index in [0.29, 0.717) is 6.04 Å². The van der Waals surface area contributed by atoms with Gasteiger partial charge in [-0.25, -0.2) is 4.98 Å². The Hall–Kier alpha value is -0.230. The predicted octanol–water partition coefficient (Wildman–Crippen LogP) is 5.37. The molecule has 2 rings (SSSR count). The van der Waals surface area contributed by atoms with Crippen molar-refractivity contribution in [3.63, 3.8) is 0 Å². The van der Waals surface area contributed by atoms with Crippen LogP contribution >= 0.6 is 43.2 Å². The highest BCUT2D eigenvalue weighted by molar-refractivity contribution is 9.13. The van der Waals surface area contributed by atoms with E-state index in [1.54, 1.807) is 11.3 Å². The number of thiazole rings is 1. The van der Waals surface area contributed by atoms with Crippen molar-refractivity contribution in [3.05, 3.63) is 48.3 Å². The van der Waals surface area contributed by atoms with Crippen LogP contribution in [0.2, 0.25) is 0 Å². The molecule has 20 heavy (non-hydrogen) atoms. The number of hydrogen-bond donors (Lipinski definition) is 1. The number of nitrogens with zero attached hydrogens (tertiary/aromatic N) is 1. The van der Waals surface area contributed by atoms with Crippen molar-refractivity contribution < 1.29 is 0 Å². The standard InChI is InChI=1S/C15H18Br2N2S/c1-8(2)18-14(15-19-9(3)10(4)20-15)11-5-6-12(16)13(17)7-11/h5-8,14,18H,1-4H3. The molecule has 0 amide bonds. The van der Waals surface area contributed by atoms with Crippen LogP contribution < -0.4 is 5.32 Å². The van der Waals surface area contributed by atoms with Crippen LogP contribution in [0.1, 0.15) is 41.0 Å². The number of benzene rings is 1. The quantitative estimate of drug-likeness (QED) is 0.722. The summed E-state index contributed by atoms with van der Waals surface area (Å²) in [6.07, 6.45) is 0. The molecule has 0 aliphatic carbocycles. The molecule has 0 spiro atoms. The summed E-state index contributed by atoms with van der Waals surface area (Å²) in [5.41, 5.74) is 2.35. The van der Waals surface area contributed by atoms with Gasteiger partial charge in [-0.3, -0.25) is 0 Å². The van der Waals surface area contributed by atoms with Gasteiger partial charge in [0.1, 0.15) is 5.01 Å². The lowest BCUT2D eigenvalue weighted by atomic mass is 10.1. The van der Waals surface area contributed by atoms with E-state index in [1.165, 1.54) is 10.4 Å². The van der Waals surface area contributed by atoms with E-state index in [2.05, 4.69) is 83.1 Å². The third-order valence-corrected chi connectivity index (χ3v) is 6.09. The Kier molecular flexibility index (Phi) is 5.40. The van der Waals surface area contributed by atoms with Gasteiger partial charge in [0.05, 0.1) is 11.7 Å².